The Balaban J connectivity index is 1.30. The van der Waals surface area contributed by atoms with Crippen molar-refractivity contribution in [3.63, 3.8) is 0 Å². The summed E-state index contributed by atoms with van der Waals surface area (Å²) in [4.78, 5) is 29.0. The Kier molecular flexibility index (Phi) is 5.30. The highest BCUT2D eigenvalue weighted by Gasteiger charge is 2.58. The highest BCUT2D eigenvalue weighted by atomic mass is 16.2. The fraction of sp³-hybridized carbons (Fsp3) is 0.391. The Bertz CT molecular complexity index is 924. The minimum Gasteiger partial charge on any atom is -0.349 e. The second-order valence-electron chi connectivity index (χ2n) is 7.94. The van der Waals surface area contributed by atoms with E-state index in [9.17, 15) is 9.59 Å². The number of benzene rings is 1. The molecular formula is C23H24N4O2. The van der Waals surface area contributed by atoms with Gasteiger partial charge in [-0.1, -0.05) is 13.0 Å². The first-order valence-corrected chi connectivity index (χ1v) is 10.1. The monoisotopic (exact) mass is 388 g/mol. The van der Waals surface area contributed by atoms with E-state index in [1.807, 2.05) is 6.07 Å². The van der Waals surface area contributed by atoms with Crippen molar-refractivity contribution in [3.8, 4) is 6.07 Å². The van der Waals surface area contributed by atoms with Crippen LogP contribution in [-0.4, -0.2) is 28.9 Å². The summed E-state index contributed by atoms with van der Waals surface area (Å²) in [6.07, 6.45) is 4.42. The number of fused-ring (bicyclic) bond motifs is 1. The van der Waals surface area contributed by atoms with Crippen molar-refractivity contribution < 1.29 is 9.59 Å². The highest BCUT2D eigenvalue weighted by molar-refractivity contribution is 5.94. The number of amides is 2. The second kappa shape index (κ2) is 8.04. The molecule has 1 aromatic carbocycles. The van der Waals surface area contributed by atoms with Gasteiger partial charge >= 0.3 is 0 Å². The first kappa shape index (κ1) is 19.1. The largest absolute Gasteiger partial charge is 0.349 e. The molecular weight excluding hydrogens is 364 g/mol. The normalized spacial score (nSPS) is 25.4. The van der Waals surface area contributed by atoms with Crippen molar-refractivity contribution in [1.82, 2.24) is 15.6 Å². The number of nitriles is 1. The fourth-order valence-corrected chi connectivity index (χ4v) is 4.78. The van der Waals surface area contributed by atoms with Gasteiger partial charge in [-0.2, -0.15) is 5.26 Å². The molecule has 2 saturated carbocycles. The number of rotatable bonds is 6. The van der Waals surface area contributed by atoms with Crippen molar-refractivity contribution in [2.75, 3.05) is 0 Å². The maximum absolute atomic E-state index is 12.6. The third-order valence-corrected chi connectivity index (χ3v) is 6.24. The zero-order chi connectivity index (χ0) is 20.4. The maximum atomic E-state index is 12.6. The van der Waals surface area contributed by atoms with Crippen LogP contribution >= 0.6 is 0 Å². The first-order chi connectivity index (χ1) is 14.1. The molecule has 1 heterocycles. The summed E-state index contributed by atoms with van der Waals surface area (Å²) in [6.45, 7) is 2.10. The minimum absolute atomic E-state index is 0.0914. The molecule has 2 aliphatic carbocycles. The van der Waals surface area contributed by atoms with Crippen molar-refractivity contribution in [2.24, 2.45) is 17.8 Å². The van der Waals surface area contributed by atoms with Gasteiger partial charge < -0.3 is 10.6 Å². The Morgan fingerprint density at radius 2 is 1.86 bits per heavy atom. The molecule has 1 aromatic heterocycles. The van der Waals surface area contributed by atoms with Gasteiger partial charge in [0.25, 0.3) is 11.8 Å². The van der Waals surface area contributed by atoms with Crippen molar-refractivity contribution in [1.29, 1.82) is 5.26 Å². The molecule has 2 fully saturated rings. The van der Waals surface area contributed by atoms with E-state index in [0.29, 0.717) is 34.6 Å². The third kappa shape index (κ3) is 4.00. The Labute approximate surface area is 170 Å². The average molecular weight is 388 g/mol. The number of aromatic nitrogens is 1. The number of hydrogen-bond acceptors (Lipinski definition) is 4. The van der Waals surface area contributed by atoms with Crippen LogP contribution in [-0.2, 0) is 0 Å². The molecule has 4 rings (SSSR count). The minimum atomic E-state index is -0.116. The molecule has 6 heteroatoms. The molecule has 2 aliphatic rings. The van der Waals surface area contributed by atoms with Crippen LogP contribution in [0.3, 0.4) is 0 Å². The van der Waals surface area contributed by atoms with E-state index in [2.05, 4.69) is 28.6 Å². The smallest absolute Gasteiger partial charge is 0.270 e. The van der Waals surface area contributed by atoms with Crippen LogP contribution in [0, 0.1) is 29.1 Å². The quantitative estimate of drug-likeness (QED) is 0.795. The predicted molar refractivity (Wildman–Crippen MR) is 108 cm³/mol. The van der Waals surface area contributed by atoms with Crippen LogP contribution in [0.5, 0.6) is 0 Å². The standard InChI is InChI=1S/C23H24N4O2/c1-2-19(27-22(28)15-8-6-14(13-24)7-9-15)21-17-11-16(12-18(17)21)26-23(29)20-5-3-4-10-25-20/h3-10,16-19,21H,2,11-12H2,1H3,(H,26,29)(H,27,28)/t16-,17-,18+,19?,21+. The van der Waals surface area contributed by atoms with Crippen molar-refractivity contribution >= 4 is 11.8 Å². The summed E-state index contributed by atoms with van der Waals surface area (Å²) < 4.78 is 0. The van der Waals surface area contributed by atoms with Crippen LogP contribution < -0.4 is 10.6 Å². The van der Waals surface area contributed by atoms with Gasteiger partial charge in [0, 0.05) is 23.8 Å². The van der Waals surface area contributed by atoms with E-state index >= 15 is 0 Å². The summed E-state index contributed by atoms with van der Waals surface area (Å²) in [5.74, 6) is 1.37. The van der Waals surface area contributed by atoms with Crippen molar-refractivity contribution in [2.45, 2.75) is 38.3 Å². The molecule has 2 amide bonds. The Morgan fingerprint density at radius 1 is 1.14 bits per heavy atom. The summed E-state index contributed by atoms with van der Waals surface area (Å²) in [7, 11) is 0. The molecule has 5 atom stereocenters. The summed E-state index contributed by atoms with van der Waals surface area (Å²) in [5, 5.41) is 15.2. The second-order valence-corrected chi connectivity index (χ2v) is 7.94. The average Bonchev–Trinajstić information content (AvgIpc) is 3.26. The Morgan fingerprint density at radius 3 is 2.45 bits per heavy atom. The number of nitrogens with zero attached hydrogens (tertiary/aromatic N) is 2. The number of hydrogen-bond donors (Lipinski definition) is 2. The summed E-state index contributed by atoms with van der Waals surface area (Å²) in [6, 6.07) is 14.4. The molecule has 0 saturated heterocycles. The third-order valence-electron chi connectivity index (χ3n) is 6.24. The first-order valence-electron chi connectivity index (χ1n) is 10.1. The maximum Gasteiger partial charge on any atom is 0.270 e. The van der Waals surface area contributed by atoms with E-state index in [4.69, 9.17) is 5.26 Å². The number of carbonyl (C=O) groups is 2. The van der Waals surface area contributed by atoms with Gasteiger partial charge in [-0.05, 0) is 73.4 Å². The summed E-state index contributed by atoms with van der Waals surface area (Å²) in [5.41, 5.74) is 1.57. The van der Waals surface area contributed by atoms with Gasteiger partial charge in [-0.3, -0.25) is 14.6 Å². The fourth-order valence-electron chi connectivity index (χ4n) is 4.78. The van der Waals surface area contributed by atoms with E-state index in [1.54, 1.807) is 42.6 Å². The van der Waals surface area contributed by atoms with E-state index in [1.165, 1.54) is 0 Å². The van der Waals surface area contributed by atoms with Gasteiger partial charge in [0.1, 0.15) is 5.69 Å². The van der Waals surface area contributed by atoms with Crippen LogP contribution in [0.15, 0.2) is 48.7 Å². The zero-order valence-electron chi connectivity index (χ0n) is 16.3. The van der Waals surface area contributed by atoms with Crippen LogP contribution in [0.4, 0.5) is 0 Å². The molecule has 2 N–H and O–H groups in total. The van der Waals surface area contributed by atoms with E-state index < -0.39 is 0 Å². The van der Waals surface area contributed by atoms with E-state index in [0.717, 1.165) is 19.3 Å². The van der Waals surface area contributed by atoms with Crippen LogP contribution in [0.1, 0.15) is 52.6 Å². The molecule has 2 aromatic rings. The topological polar surface area (TPSA) is 94.9 Å². The van der Waals surface area contributed by atoms with E-state index in [-0.39, 0.29) is 23.9 Å². The number of nitrogens with one attached hydrogen (secondary N) is 2. The molecule has 1 unspecified atom stereocenters. The van der Waals surface area contributed by atoms with Gasteiger partial charge in [0.2, 0.25) is 0 Å². The van der Waals surface area contributed by atoms with Gasteiger partial charge in [-0.25, -0.2) is 0 Å². The number of carbonyl (C=O) groups excluding carboxylic acids is 2. The van der Waals surface area contributed by atoms with Crippen LogP contribution in [0.2, 0.25) is 0 Å². The molecule has 0 bridgehead atoms. The van der Waals surface area contributed by atoms with Gasteiger partial charge in [0.15, 0.2) is 0 Å². The lowest BCUT2D eigenvalue weighted by atomic mass is 9.99. The lowest BCUT2D eigenvalue weighted by Gasteiger charge is -2.22. The van der Waals surface area contributed by atoms with Gasteiger partial charge in [-0.15, -0.1) is 0 Å². The predicted octanol–water partition coefficient (Wildman–Crippen LogP) is 2.92. The van der Waals surface area contributed by atoms with Gasteiger partial charge in [0.05, 0.1) is 11.6 Å². The molecule has 29 heavy (non-hydrogen) atoms. The molecule has 0 aliphatic heterocycles. The SMILES string of the molecule is CCC(NC(=O)c1ccc(C#N)cc1)[C@H]1[C@@H]2C[C@@H](NC(=O)c3ccccn3)C[C@@H]21. The molecule has 148 valence electrons. The number of pyridine rings is 1. The van der Waals surface area contributed by atoms with Crippen molar-refractivity contribution in [3.05, 3.63) is 65.5 Å². The molecule has 0 radical (unpaired) electrons. The zero-order valence-corrected chi connectivity index (χ0v) is 16.3. The Hall–Kier alpha value is -3.20. The molecule has 0 spiro atoms. The lowest BCUT2D eigenvalue weighted by molar-refractivity contribution is 0.0926. The lowest BCUT2D eigenvalue weighted by Crippen LogP contribution is -2.39. The summed E-state index contributed by atoms with van der Waals surface area (Å²) >= 11 is 0. The molecule has 6 nitrogen and oxygen atoms in total. The highest BCUT2D eigenvalue weighted by Crippen LogP contribution is 2.59. The van der Waals surface area contributed by atoms with Crippen LogP contribution in [0.25, 0.3) is 0 Å².